The summed E-state index contributed by atoms with van der Waals surface area (Å²) in [4.78, 5) is 16.0. The van der Waals surface area contributed by atoms with Gasteiger partial charge in [0.1, 0.15) is 5.65 Å². The van der Waals surface area contributed by atoms with E-state index < -0.39 is 5.95 Å². The lowest BCUT2D eigenvalue weighted by Crippen LogP contribution is -2.19. The predicted molar refractivity (Wildman–Crippen MR) is 86.1 cm³/mol. The molecule has 0 N–H and O–H groups in total. The molecule has 3 aromatic heterocycles. The third kappa shape index (κ3) is 2.10. The lowest BCUT2D eigenvalue weighted by Gasteiger charge is -2.06. The van der Waals surface area contributed by atoms with E-state index in [0.717, 1.165) is 0 Å². The molecule has 23 heavy (non-hydrogen) atoms. The van der Waals surface area contributed by atoms with Gasteiger partial charge in [-0.25, -0.2) is 9.50 Å². The first-order valence-electron chi connectivity index (χ1n) is 6.84. The summed E-state index contributed by atoms with van der Waals surface area (Å²) in [5, 5.41) is 5.46. The zero-order valence-corrected chi connectivity index (χ0v) is 12.8. The summed E-state index contributed by atoms with van der Waals surface area (Å²) in [6.45, 7) is 0. The maximum atomic E-state index is 13.3. The van der Waals surface area contributed by atoms with Crippen LogP contribution in [0.25, 0.3) is 27.8 Å². The number of halogens is 2. The van der Waals surface area contributed by atoms with Gasteiger partial charge in [-0.15, -0.1) is 0 Å². The summed E-state index contributed by atoms with van der Waals surface area (Å²) in [5.41, 5.74) is 2.24. The van der Waals surface area contributed by atoms with Gasteiger partial charge in [0, 0.05) is 36.0 Å². The molecule has 3 heterocycles. The number of aromatic nitrogens is 4. The molecule has 4 rings (SSSR count). The molecule has 0 aliphatic rings. The van der Waals surface area contributed by atoms with Gasteiger partial charge in [-0.3, -0.25) is 9.36 Å². The maximum Gasteiger partial charge on any atom is 0.261 e. The number of pyridine rings is 1. The SMILES string of the molecule is Cn1c(=O)c2cc(Cl)ccc2n2nc(-c3ccnc(F)c3)cc12. The highest BCUT2D eigenvalue weighted by Crippen LogP contribution is 2.23. The van der Waals surface area contributed by atoms with Crippen LogP contribution in [0.3, 0.4) is 0 Å². The van der Waals surface area contributed by atoms with Gasteiger partial charge in [0.05, 0.1) is 16.6 Å². The zero-order chi connectivity index (χ0) is 16.1. The van der Waals surface area contributed by atoms with E-state index in [9.17, 15) is 9.18 Å². The average Bonchev–Trinajstić information content (AvgIpc) is 2.98. The molecular formula is C16H10ClFN4O. The van der Waals surface area contributed by atoms with Gasteiger partial charge in [0.25, 0.3) is 5.56 Å². The van der Waals surface area contributed by atoms with Crippen LogP contribution in [0.5, 0.6) is 0 Å². The third-order valence-corrected chi connectivity index (χ3v) is 4.01. The van der Waals surface area contributed by atoms with E-state index in [0.29, 0.717) is 32.8 Å². The van der Waals surface area contributed by atoms with E-state index in [1.165, 1.54) is 16.8 Å². The van der Waals surface area contributed by atoms with Crippen LogP contribution in [-0.2, 0) is 7.05 Å². The first-order chi connectivity index (χ1) is 11.0. The van der Waals surface area contributed by atoms with Crippen LogP contribution in [0.1, 0.15) is 0 Å². The molecule has 0 saturated carbocycles. The monoisotopic (exact) mass is 328 g/mol. The minimum absolute atomic E-state index is 0.164. The van der Waals surface area contributed by atoms with Crippen LogP contribution < -0.4 is 5.56 Å². The van der Waals surface area contributed by atoms with Crippen molar-refractivity contribution in [2.75, 3.05) is 0 Å². The highest BCUT2D eigenvalue weighted by atomic mass is 35.5. The summed E-state index contributed by atoms with van der Waals surface area (Å²) >= 11 is 5.99. The van der Waals surface area contributed by atoms with Crippen molar-refractivity contribution in [2.45, 2.75) is 0 Å². The first-order valence-corrected chi connectivity index (χ1v) is 7.22. The summed E-state index contributed by atoms with van der Waals surface area (Å²) in [6.07, 6.45) is 1.38. The number of hydrogen-bond acceptors (Lipinski definition) is 3. The number of hydrogen-bond donors (Lipinski definition) is 0. The molecule has 0 aliphatic heterocycles. The molecule has 0 saturated heterocycles. The Labute approximate surface area is 134 Å². The second-order valence-corrected chi connectivity index (χ2v) is 5.63. The molecule has 0 atom stereocenters. The van der Waals surface area contributed by atoms with Crippen molar-refractivity contribution in [1.82, 2.24) is 19.2 Å². The Hall–Kier alpha value is -2.73. The second-order valence-electron chi connectivity index (χ2n) is 5.19. The van der Waals surface area contributed by atoms with Gasteiger partial charge in [-0.1, -0.05) is 11.6 Å². The largest absolute Gasteiger partial charge is 0.296 e. The Kier molecular flexibility index (Phi) is 2.96. The number of benzene rings is 1. The Morgan fingerprint density at radius 2 is 2.00 bits per heavy atom. The Bertz CT molecular complexity index is 1130. The topological polar surface area (TPSA) is 52.2 Å². The van der Waals surface area contributed by atoms with Crippen LogP contribution in [0.4, 0.5) is 4.39 Å². The van der Waals surface area contributed by atoms with E-state index in [1.54, 1.807) is 41.9 Å². The second kappa shape index (κ2) is 4.89. The van der Waals surface area contributed by atoms with Crippen molar-refractivity contribution in [3.05, 3.63) is 63.9 Å². The Balaban J connectivity index is 2.11. The van der Waals surface area contributed by atoms with E-state index in [2.05, 4.69) is 10.1 Å². The number of rotatable bonds is 1. The molecular weight excluding hydrogens is 319 g/mol. The molecule has 0 unspecified atom stereocenters. The lowest BCUT2D eigenvalue weighted by atomic mass is 10.2. The van der Waals surface area contributed by atoms with Crippen molar-refractivity contribution in [3.8, 4) is 11.3 Å². The van der Waals surface area contributed by atoms with E-state index in [1.807, 2.05) is 0 Å². The minimum atomic E-state index is -0.579. The van der Waals surface area contributed by atoms with Crippen molar-refractivity contribution >= 4 is 28.2 Å². The van der Waals surface area contributed by atoms with E-state index >= 15 is 0 Å². The van der Waals surface area contributed by atoms with Crippen LogP contribution in [0.15, 0.2) is 47.4 Å². The van der Waals surface area contributed by atoms with Crippen LogP contribution in [0.2, 0.25) is 5.02 Å². The fourth-order valence-corrected chi connectivity index (χ4v) is 2.81. The van der Waals surface area contributed by atoms with Crippen LogP contribution in [-0.4, -0.2) is 19.2 Å². The first kappa shape index (κ1) is 13.9. The maximum absolute atomic E-state index is 13.3. The standard InChI is InChI=1S/C16H10ClFN4O/c1-21-15-8-12(9-4-5-19-14(18)6-9)20-22(15)13-3-2-10(17)7-11(13)16(21)23/h2-8H,1H3. The molecule has 0 bridgehead atoms. The Morgan fingerprint density at radius 3 is 2.78 bits per heavy atom. The number of fused-ring (bicyclic) bond motifs is 3. The van der Waals surface area contributed by atoms with Crippen molar-refractivity contribution in [2.24, 2.45) is 7.05 Å². The summed E-state index contributed by atoms with van der Waals surface area (Å²) in [7, 11) is 1.66. The van der Waals surface area contributed by atoms with E-state index in [4.69, 9.17) is 11.6 Å². The molecule has 4 aromatic rings. The smallest absolute Gasteiger partial charge is 0.261 e. The van der Waals surface area contributed by atoms with Crippen molar-refractivity contribution in [1.29, 1.82) is 0 Å². The highest BCUT2D eigenvalue weighted by molar-refractivity contribution is 6.31. The van der Waals surface area contributed by atoms with Gasteiger partial charge in [-0.2, -0.15) is 9.49 Å². The van der Waals surface area contributed by atoms with Crippen molar-refractivity contribution in [3.63, 3.8) is 0 Å². The fraction of sp³-hybridized carbons (Fsp3) is 0.0625. The zero-order valence-electron chi connectivity index (χ0n) is 12.0. The molecule has 1 aromatic carbocycles. The quantitative estimate of drug-likeness (QED) is 0.505. The normalized spacial score (nSPS) is 11.4. The summed E-state index contributed by atoms with van der Waals surface area (Å²) in [6, 6.07) is 9.78. The van der Waals surface area contributed by atoms with Crippen molar-refractivity contribution < 1.29 is 4.39 Å². The molecule has 0 radical (unpaired) electrons. The number of nitrogens with zero attached hydrogens (tertiary/aromatic N) is 4. The molecule has 0 fully saturated rings. The summed E-state index contributed by atoms with van der Waals surface area (Å²) in [5.74, 6) is -0.579. The molecule has 7 heteroatoms. The predicted octanol–water partition coefficient (Wildman–Crippen LogP) is 3.04. The molecule has 0 aliphatic carbocycles. The number of aryl methyl sites for hydroxylation is 1. The van der Waals surface area contributed by atoms with Gasteiger partial charge < -0.3 is 0 Å². The fourth-order valence-electron chi connectivity index (χ4n) is 2.64. The van der Waals surface area contributed by atoms with Crippen LogP contribution in [0, 0.1) is 5.95 Å². The van der Waals surface area contributed by atoms with Gasteiger partial charge >= 0.3 is 0 Å². The molecule has 0 amide bonds. The van der Waals surface area contributed by atoms with E-state index in [-0.39, 0.29) is 5.56 Å². The highest BCUT2D eigenvalue weighted by Gasteiger charge is 2.13. The minimum Gasteiger partial charge on any atom is -0.296 e. The average molecular weight is 329 g/mol. The van der Waals surface area contributed by atoms with Crippen LogP contribution >= 0.6 is 11.6 Å². The molecule has 0 spiro atoms. The van der Waals surface area contributed by atoms with Gasteiger partial charge in [0.2, 0.25) is 5.95 Å². The summed E-state index contributed by atoms with van der Waals surface area (Å²) < 4.78 is 16.5. The van der Waals surface area contributed by atoms with Gasteiger partial charge in [-0.05, 0) is 24.3 Å². The third-order valence-electron chi connectivity index (χ3n) is 3.78. The lowest BCUT2D eigenvalue weighted by molar-refractivity contribution is 0.584. The van der Waals surface area contributed by atoms with Gasteiger partial charge in [0.15, 0.2) is 0 Å². The molecule has 5 nitrogen and oxygen atoms in total. The Morgan fingerprint density at radius 1 is 1.17 bits per heavy atom. The molecule has 114 valence electrons.